The van der Waals surface area contributed by atoms with Gasteiger partial charge in [-0.25, -0.2) is 4.68 Å². The van der Waals surface area contributed by atoms with Crippen LogP contribution in [0, 0.1) is 11.8 Å². The maximum absolute atomic E-state index is 13.0. The minimum Gasteiger partial charge on any atom is -0.376 e. The molecule has 1 aromatic heterocycles. The van der Waals surface area contributed by atoms with E-state index in [-0.39, 0.29) is 30.4 Å². The zero-order chi connectivity index (χ0) is 21.6. The molecule has 4 rings (SSSR count). The number of nitrogens with zero attached hydrogens (tertiary/aromatic N) is 2. The summed E-state index contributed by atoms with van der Waals surface area (Å²) in [4.78, 5) is 25.6. The molecule has 0 aromatic carbocycles. The summed E-state index contributed by atoms with van der Waals surface area (Å²) in [5, 5.41) is 10.8. The molecule has 1 atom stereocenters. The van der Waals surface area contributed by atoms with E-state index in [9.17, 15) is 9.59 Å². The van der Waals surface area contributed by atoms with Crippen LogP contribution in [0.1, 0.15) is 76.0 Å². The molecule has 31 heavy (non-hydrogen) atoms. The largest absolute Gasteiger partial charge is 0.376 e. The van der Waals surface area contributed by atoms with Crippen molar-refractivity contribution >= 4 is 29.4 Å². The fourth-order valence-corrected chi connectivity index (χ4v) is 6.00. The molecule has 1 saturated carbocycles. The molecule has 1 aliphatic carbocycles. The Morgan fingerprint density at radius 2 is 2.03 bits per heavy atom. The molecule has 172 valence electrons. The van der Waals surface area contributed by atoms with Gasteiger partial charge in [-0.2, -0.15) is 16.9 Å². The van der Waals surface area contributed by atoms with Crippen LogP contribution in [0.4, 0.5) is 5.82 Å². The lowest BCUT2D eigenvalue weighted by Gasteiger charge is -2.27. The van der Waals surface area contributed by atoms with Crippen molar-refractivity contribution in [3.8, 4) is 0 Å². The van der Waals surface area contributed by atoms with Crippen LogP contribution in [0.15, 0.2) is 0 Å². The van der Waals surface area contributed by atoms with E-state index >= 15 is 0 Å². The molecular formula is C23H36N4O3S. The van der Waals surface area contributed by atoms with Gasteiger partial charge in [0.1, 0.15) is 12.4 Å². The standard InChI is InChI=1S/C23H36N4O3S/c1-2-3-5-16-7-9-17(10-8-16)23(29)25-22-19-14-31-15-20(19)26-27(22)13-21(28)24-12-18-6-4-11-30-18/h16-18H,2-15H2,1H3,(H,24,28)(H,25,29). The monoisotopic (exact) mass is 448 g/mol. The quantitative estimate of drug-likeness (QED) is 0.599. The van der Waals surface area contributed by atoms with Crippen molar-refractivity contribution in [2.24, 2.45) is 11.8 Å². The van der Waals surface area contributed by atoms with E-state index in [0.29, 0.717) is 6.54 Å². The summed E-state index contributed by atoms with van der Waals surface area (Å²) in [7, 11) is 0. The molecule has 0 bridgehead atoms. The summed E-state index contributed by atoms with van der Waals surface area (Å²) in [6, 6.07) is 0. The Bertz CT molecular complexity index is 767. The summed E-state index contributed by atoms with van der Waals surface area (Å²) in [5.41, 5.74) is 2.08. The number of carbonyl (C=O) groups excluding carboxylic acids is 2. The number of unbranched alkanes of at least 4 members (excludes halogenated alkanes) is 1. The van der Waals surface area contributed by atoms with E-state index in [1.165, 1.54) is 19.3 Å². The lowest BCUT2D eigenvalue weighted by atomic mass is 9.79. The highest BCUT2D eigenvalue weighted by atomic mass is 32.2. The maximum atomic E-state index is 13.0. The van der Waals surface area contributed by atoms with Gasteiger partial charge >= 0.3 is 0 Å². The Labute approximate surface area is 189 Å². The van der Waals surface area contributed by atoms with E-state index in [1.807, 2.05) is 0 Å². The molecule has 2 N–H and O–H groups in total. The number of carbonyl (C=O) groups is 2. The second-order valence-electron chi connectivity index (χ2n) is 9.21. The maximum Gasteiger partial charge on any atom is 0.241 e. The van der Waals surface area contributed by atoms with Crippen LogP contribution >= 0.6 is 11.8 Å². The van der Waals surface area contributed by atoms with Gasteiger partial charge in [-0.3, -0.25) is 9.59 Å². The molecular weight excluding hydrogens is 412 g/mol. The highest BCUT2D eigenvalue weighted by Crippen LogP contribution is 2.36. The first-order valence-electron chi connectivity index (χ1n) is 12.0. The molecule has 0 radical (unpaired) electrons. The van der Waals surface area contributed by atoms with Gasteiger partial charge < -0.3 is 15.4 Å². The highest BCUT2D eigenvalue weighted by Gasteiger charge is 2.30. The number of amides is 2. The minimum atomic E-state index is -0.0868. The molecule has 0 spiro atoms. The van der Waals surface area contributed by atoms with Gasteiger partial charge in [-0.15, -0.1) is 0 Å². The zero-order valence-electron chi connectivity index (χ0n) is 18.7. The number of anilines is 1. The zero-order valence-corrected chi connectivity index (χ0v) is 19.5. The number of rotatable bonds is 9. The Morgan fingerprint density at radius 3 is 2.77 bits per heavy atom. The lowest BCUT2D eigenvalue weighted by Crippen LogP contribution is -2.35. The first-order valence-corrected chi connectivity index (χ1v) is 13.1. The van der Waals surface area contributed by atoms with Crippen molar-refractivity contribution in [3.05, 3.63) is 11.3 Å². The van der Waals surface area contributed by atoms with Crippen molar-refractivity contribution in [2.45, 2.75) is 88.9 Å². The van der Waals surface area contributed by atoms with E-state index in [4.69, 9.17) is 4.74 Å². The number of ether oxygens (including phenoxy) is 1. The Kier molecular flexibility index (Phi) is 7.93. The molecule has 1 aromatic rings. The summed E-state index contributed by atoms with van der Waals surface area (Å²) < 4.78 is 7.27. The van der Waals surface area contributed by atoms with Crippen LogP contribution in [-0.4, -0.2) is 40.9 Å². The second-order valence-corrected chi connectivity index (χ2v) is 10.2. The van der Waals surface area contributed by atoms with E-state index in [2.05, 4.69) is 22.7 Å². The van der Waals surface area contributed by atoms with E-state index in [1.54, 1.807) is 16.4 Å². The van der Waals surface area contributed by atoms with Gasteiger partial charge in [-0.1, -0.05) is 26.2 Å². The molecule has 8 heteroatoms. The smallest absolute Gasteiger partial charge is 0.241 e. The van der Waals surface area contributed by atoms with Gasteiger partial charge in [0.05, 0.1) is 11.8 Å². The summed E-state index contributed by atoms with van der Waals surface area (Å²) in [6.45, 7) is 3.69. The molecule has 1 saturated heterocycles. The minimum absolute atomic E-state index is 0.0688. The second kappa shape index (κ2) is 10.9. The first kappa shape index (κ1) is 22.6. The van der Waals surface area contributed by atoms with Crippen molar-refractivity contribution in [3.63, 3.8) is 0 Å². The van der Waals surface area contributed by atoms with Crippen molar-refractivity contribution in [1.82, 2.24) is 15.1 Å². The lowest BCUT2D eigenvalue weighted by molar-refractivity contribution is -0.123. The number of fused-ring (bicyclic) bond motifs is 1. The Hall–Kier alpha value is -1.54. The molecule has 2 fully saturated rings. The van der Waals surface area contributed by atoms with E-state index < -0.39 is 0 Å². The van der Waals surface area contributed by atoms with Crippen LogP contribution in [0.5, 0.6) is 0 Å². The fourth-order valence-electron chi connectivity index (χ4n) is 4.97. The van der Waals surface area contributed by atoms with Gasteiger partial charge in [-0.05, 0) is 44.4 Å². The SMILES string of the molecule is CCCCC1CCC(C(=O)Nc2c3c(nn2CC(=O)NCC2CCCO2)CSC3)CC1. The summed E-state index contributed by atoms with van der Waals surface area (Å²) in [6.07, 6.45) is 10.2. The molecule has 3 heterocycles. The molecule has 3 aliphatic rings. The summed E-state index contributed by atoms with van der Waals surface area (Å²) >= 11 is 1.80. The average Bonchev–Trinajstić information content (AvgIpc) is 3.51. The van der Waals surface area contributed by atoms with Crippen LogP contribution in [0.2, 0.25) is 0 Å². The van der Waals surface area contributed by atoms with Crippen LogP contribution < -0.4 is 10.6 Å². The van der Waals surface area contributed by atoms with Crippen molar-refractivity contribution < 1.29 is 14.3 Å². The molecule has 2 aliphatic heterocycles. The predicted molar refractivity (Wildman–Crippen MR) is 123 cm³/mol. The van der Waals surface area contributed by atoms with Gasteiger partial charge in [0.2, 0.25) is 11.8 Å². The van der Waals surface area contributed by atoms with Crippen molar-refractivity contribution in [2.75, 3.05) is 18.5 Å². The Balaban J connectivity index is 1.34. The third-order valence-corrected chi connectivity index (χ3v) is 7.86. The number of thioether (sulfide) groups is 1. The van der Waals surface area contributed by atoms with Gasteiger partial charge in [0.25, 0.3) is 0 Å². The normalized spacial score (nSPS) is 25.4. The molecule has 1 unspecified atom stereocenters. The topological polar surface area (TPSA) is 85.2 Å². The average molecular weight is 449 g/mol. The first-order chi connectivity index (χ1) is 15.1. The number of hydrogen-bond acceptors (Lipinski definition) is 5. The fraction of sp³-hybridized carbons (Fsp3) is 0.783. The summed E-state index contributed by atoms with van der Waals surface area (Å²) in [5.74, 6) is 3.26. The number of nitrogens with one attached hydrogen (secondary N) is 2. The third-order valence-electron chi connectivity index (χ3n) is 6.89. The predicted octanol–water partition coefficient (Wildman–Crippen LogP) is 3.86. The van der Waals surface area contributed by atoms with Gasteiger partial charge in [0, 0.05) is 36.1 Å². The number of aromatic nitrogens is 2. The van der Waals surface area contributed by atoms with Gasteiger partial charge in [0.15, 0.2) is 0 Å². The van der Waals surface area contributed by atoms with Crippen LogP contribution in [0.3, 0.4) is 0 Å². The Morgan fingerprint density at radius 1 is 1.19 bits per heavy atom. The highest BCUT2D eigenvalue weighted by molar-refractivity contribution is 7.98. The van der Waals surface area contributed by atoms with Crippen LogP contribution in [-0.2, 0) is 32.4 Å². The van der Waals surface area contributed by atoms with Crippen LogP contribution in [0.25, 0.3) is 0 Å². The van der Waals surface area contributed by atoms with E-state index in [0.717, 1.165) is 79.6 Å². The molecule has 2 amide bonds. The van der Waals surface area contributed by atoms with Crippen molar-refractivity contribution in [1.29, 1.82) is 0 Å². The number of hydrogen-bond donors (Lipinski definition) is 2. The third kappa shape index (κ3) is 5.83. The molecule has 7 nitrogen and oxygen atoms in total.